The van der Waals surface area contributed by atoms with E-state index < -0.39 is 10.0 Å². The van der Waals surface area contributed by atoms with Crippen LogP contribution in [0.4, 0.5) is 5.69 Å². The van der Waals surface area contributed by atoms with E-state index in [4.69, 9.17) is 5.73 Å². The second-order valence-electron chi connectivity index (χ2n) is 6.61. The van der Waals surface area contributed by atoms with Crippen LogP contribution in [0.25, 0.3) is 0 Å². The van der Waals surface area contributed by atoms with Crippen molar-refractivity contribution in [2.75, 3.05) is 24.5 Å². The maximum absolute atomic E-state index is 13.1. The van der Waals surface area contributed by atoms with Gasteiger partial charge in [-0.1, -0.05) is 30.3 Å². The Morgan fingerprint density at radius 2 is 1.71 bits per heavy atom. The highest BCUT2D eigenvalue weighted by Gasteiger charge is 2.26. The van der Waals surface area contributed by atoms with E-state index in [1.807, 2.05) is 30.3 Å². The number of anilines is 1. The highest BCUT2D eigenvalue weighted by atomic mass is 35.5. The number of hydrogen-bond acceptors (Lipinski definition) is 4. The zero-order valence-corrected chi connectivity index (χ0v) is 17.3. The minimum absolute atomic E-state index is 0. The van der Waals surface area contributed by atoms with Crippen LogP contribution in [0.2, 0.25) is 0 Å². The van der Waals surface area contributed by atoms with Gasteiger partial charge < -0.3 is 10.6 Å². The van der Waals surface area contributed by atoms with Crippen molar-refractivity contribution in [2.24, 2.45) is 5.73 Å². The van der Waals surface area contributed by atoms with Crippen LogP contribution in [0, 0.1) is 0 Å². The van der Waals surface area contributed by atoms with Gasteiger partial charge in [-0.25, -0.2) is 8.42 Å². The molecule has 0 unspecified atom stereocenters. The average Bonchev–Trinajstić information content (AvgIpc) is 3.12. The van der Waals surface area contributed by atoms with Gasteiger partial charge in [0.25, 0.3) is 0 Å². The van der Waals surface area contributed by atoms with Crippen LogP contribution in [0.5, 0.6) is 0 Å². The lowest BCUT2D eigenvalue weighted by Gasteiger charge is -2.23. The van der Waals surface area contributed by atoms with Gasteiger partial charge in [0.1, 0.15) is 0 Å². The molecule has 2 N–H and O–H groups in total. The maximum Gasteiger partial charge on any atom is 0.243 e. The van der Waals surface area contributed by atoms with Crippen LogP contribution in [0.1, 0.15) is 24.8 Å². The summed E-state index contributed by atoms with van der Waals surface area (Å²) in [5.41, 5.74) is 7.27. The lowest BCUT2D eigenvalue weighted by atomic mass is 10.2. The van der Waals surface area contributed by atoms with Gasteiger partial charge in [0.2, 0.25) is 15.9 Å². The molecule has 1 aliphatic heterocycles. The zero-order valence-electron chi connectivity index (χ0n) is 15.7. The molecule has 0 saturated carbocycles. The van der Waals surface area contributed by atoms with Crippen LogP contribution in [0.3, 0.4) is 0 Å². The Kier molecular flexibility index (Phi) is 8.00. The highest BCUT2D eigenvalue weighted by Crippen LogP contribution is 2.25. The Bertz CT molecular complexity index is 873. The quantitative estimate of drug-likeness (QED) is 0.707. The van der Waals surface area contributed by atoms with Crippen molar-refractivity contribution < 1.29 is 13.2 Å². The Labute approximate surface area is 172 Å². The molecule has 28 heavy (non-hydrogen) atoms. The van der Waals surface area contributed by atoms with Crippen LogP contribution < -0.4 is 10.6 Å². The molecule has 0 atom stereocenters. The van der Waals surface area contributed by atoms with Crippen molar-refractivity contribution in [3.63, 3.8) is 0 Å². The molecule has 0 bridgehead atoms. The number of nitrogens with zero attached hydrogens (tertiary/aromatic N) is 2. The van der Waals surface area contributed by atoms with E-state index in [1.54, 1.807) is 29.2 Å². The number of carbonyl (C=O) groups excluding carboxylic acids is 1. The molecule has 8 heteroatoms. The van der Waals surface area contributed by atoms with Gasteiger partial charge in [0.05, 0.1) is 4.90 Å². The Morgan fingerprint density at radius 3 is 2.29 bits per heavy atom. The number of carbonyl (C=O) groups is 1. The van der Waals surface area contributed by atoms with Crippen LogP contribution in [-0.2, 0) is 21.4 Å². The van der Waals surface area contributed by atoms with Gasteiger partial charge in [-0.2, -0.15) is 4.31 Å². The van der Waals surface area contributed by atoms with E-state index in [-0.39, 0.29) is 23.2 Å². The van der Waals surface area contributed by atoms with Crippen molar-refractivity contribution in [1.29, 1.82) is 0 Å². The standard InChI is InChI=1S/C20H25N3O3S.ClH/c21-13-5-14-22(16-17-6-2-1-3-7-17)27(25,26)19-11-9-18(10-12-19)23-15-4-8-20(23)24;/h1-3,6-7,9-12H,4-5,8,13-16,21H2;1H. The van der Waals surface area contributed by atoms with E-state index in [1.165, 1.54) is 4.31 Å². The number of benzene rings is 2. The van der Waals surface area contributed by atoms with Crippen LogP contribution in [-0.4, -0.2) is 38.3 Å². The predicted molar refractivity (Wildman–Crippen MR) is 113 cm³/mol. The summed E-state index contributed by atoms with van der Waals surface area (Å²) in [4.78, 5) is 13.8. The second kappa shape index (κ2) is 10.0. The molecule has 2 aromatic rings. The molecule has 1 fully saturated rings. The van der Waals surface area contributed by atoms with E-state index >= 15 is 0 Å². The number of nitrogens with two attached hydrogens (primary N) is 1. The largest absolute Gasteiger partial charge is 0.330 e. The minimum Gasteiger partial charge on any atom is -0.330 e. The number of amides is 1. The second-order valence-corrected chi connectivity index (χ2v) is 8.55. The topological polar surface area (TPSA) is 83.7 Å². The molecule has 2 aromatic carbocycles. The van der Waals surface area contributed by atoms with Crippen molar-refractivity contribution in [2.45, 2.75) is 30.7 Å². The SMILES string of the molecule is Cl.NCCCN(Cc1ccccc1)S(=O)(=O)c1ccc(N2CCCC2=O)cc1. The summed E-state index contributed by atoms with van der Waals surface area (Å²) in [6, 6.07) is 16.1. The third kappa shape index (κ3) is 5.11. The molecule has 0 spiro atoms. The maximum atomic E-state index is 13.1. The molecule has 0 aromatic heterocycles. The molecule has 152 valence electrons. The fourth-order valence-corrected chi connectivity index (χ4v) is 4.67. The monoisotopic (exact) mass is 423 g/mol. The first-order valence-corrected chi connectivity index (χ1v) is 10.6. The van der Waals surface area contributed by atoms with Crippen LogP contribution in [0.15, 0.2) is 59.5 Å². The molecule has 1 heterocycles. The van der Waals surface area contributed by atoms with Gasteiger partial charge >= 0.3 is 0 Å². The number of sulfonamides is 1. The first kappa shape index (κ1) is 22.4. The normalized spacial score (nSPS) is 14.4. The predicted octanol–water partition coefficient (Wildman–Crippen LogP) is 2.77. The molecule has 3 rings (SSSR count). The molecular formula is C20H26ClN3O3S. The van der Waals surface area contributed by atoms with Gasteiger partial charge in [-0.3, -0.25) is 4.79 Å². The highest BCUT2D eigenvalue weighted by molar-refractivity contribution is 7.89. The van der Waals surface area contributed by atoms with Gasteiger partial charge in [0, 0.05) is 31.7 Å². The number of hydrogen-bond donors (Lipinski definition) is 1. The van der Waals surface area contributed by atoms with Gasteiger partial charge in [-0.05, 0) is 49.2 Å². The average molecular weight is 424 g/mol. The lowest BCUT2D eigenvalue weighted by Crippen LogP contribution is -2.32. The van der Waals surface area contributed by atoms with Crippen molar-refractivity contribution >= 4 is 34.0 Å². The smallest absolute Gasteiger partial charge is 0.243 e. The van der Waals surface area contributed by atoms with Crippen molar-refractivity contribution in [1.82, 2.24) is 4.31 Å². The summed E-state index contributed by atoms with van der Waals surface area (Å²) in [6.07, 6.45) is 1.97. The van der Waals surface area contributed by atoms with Gasteiger partial charge in [-0.15, -0.1) is 12.4 Å². The third-order valence-electron chi connectivity index (χ3n) is 4.67. The lowest BCUT2D eigenvalue weighted by molar-refractivity contribution is -0.117. The Morgan fingerprint density at radius 1 is 1.04 bits per heavy atom. The minimum atomic E-state index is -3.65. The van der Waals surface area contributed by atoms with Crippen molar-refractivity contribution in [3.05, 3.63) is 60.2 Å². The fraction of sp³-hybridized carbons (Fsp3) is 0.350. The summed E-state index contributed by atoms with van der Waals surface area (Å²) < 4.78 is 27.8. The molecule has 0 radical (unpaired) electrons. The van der Waals surface area contributed by atoms with E-state index in [9.17, 15) is 13.2 Å². The molecule has 0 aliphatic carbocycles. The summed E-state index contributed by atoms with van der Waals surface area (Å²) in [6.45, 7) is 1.77. The zero-order chi connectivity index (χ0) is 19.3. The van der Waals surface area contributed by atoms with Gasteiger partial charge in [0.15, 0.2) is 0 Å². The first-order valence-electron chi connectivity index (χ1n) is 9.17. The van der Waals surface area contributed by atoms with E-state index in [0.717, 1.165) is 17.7 Å². The summed E-state index contributed by atoms with van der Waals surface area (Å²) in [5.74, 6) is 0.0826. The third-order valence-corrected chi connectivity index (χ3v) is 6.53. The Hall–Kier alpha value is -1.93. The summed E-state index contributed by atoms with van der Waals surface area (Å²) in [5, 5.41) is 0. The van der Waals surface area contributed by atoms with E-state index in [2.05, 4.69) is 0 Å². The molecule has 1 amide bonds. The van der Waals surface area contributed by atoms with E-state index in [0.29, 0.717) is 39.0 Å². The summed E-state index contributed by atoms with van der Waals surface area (Å²) >= 11 is 0. The first-order chi connectivity index (χ1) is 13.0. The number of halogens is 1. The fourth-order valence-electron chi connectivity index (χ4n) is 3.21. The Balaban J connectivity index is 0.00000280. The number of rotatable bonds is 8. The van der Waals surface area contributed by atoms with Crippen LogP contribution >= 0.6 is 12.4 Å². The molecule has 1 aliphatic rings. The molecule has 1 saturated heterocycles. The van der Waals surface area contributed by atoms with Crippen molar-refractivity contribution in [3.8, 4) is 0 Å². The molecule has 6 nitrogen and oxygen atoms in total. The molecular weight excluding hydrogens is 398 g/mol. The summed E-state index contributed by atoms with van der Waals surface area (Å²) in [7, 11) is -3.65.